The first-order valence-electron chi connectivity index (χ1n) is 9.47. The fourth-order valence-corrected chi connectivity index (χ4v) is 3.35. The summed E-state index contributed by atoms with van der Waals surface area (Å²) in [4.78, 5) is 54.5. The molecule has 0 spiro atoms. The van der Waals surface area contributed by atoms with Crippen molar-refractivity contribution in [1.82, 2.24) is 9.80 Å². The average Bonchev–Trinajstić information content (AvgIpc) is 2.79. The van der Waals surface area contributed by atoms with Crippen molar-refractivity contribution in [3.8, 4) is 0 Å². The second kappa shape index (κ2) is 8.73. The van der Waals surface area contributed by atoms with Gasteiger partial charge in [-0.15, -0.1) is 0 Å². The summed E-state index contributed by atoms with van der Waals surface area (Å²) in [6.07, 6.45) is 1.37. The molecule has 1 heterocycles. The topological polar surface area (TPSA) is 84.0 Å². The molecule has 0 aromatic heterocycles. The van der Waals surface area contributed by atoms with Crippen molar-refractivity contribution < 1.29 is 23.9 Å². The minimum Gasteiger partial charge on any atom is -0.459 e. The highest BCUT2D eigenvalue weighted by atomic mass is 16.5. The fourth-order valence-electron chi connectivity index (χ4n) is 3.35. The molecule has 7 nitrogen and oxygen atoms in total. The summed E-state index contributed by atoms with van der Waals surface area (Å²) in [7, 11) is 0. The minimum atomic E-state index is -1.99. The standard InChI is InChI=1S/C23H22N2O5/c1-3-16-30-22(29)23(2)21(28)24(19(26)17-10-6-4-7-11-17)14-15-25(23)20(27)18-12-8-5-9-13-18/h3-13H,1,14-16H2,2H3. The summed E-state index contributed by atoms with van der Waals surface area (Å²) in [5, 5.41) is 0. The predicted molar refractivity (Wildman–Crippen MR) is 110 cm³/mol. The Kier molecular flexibility index (Phi) is 6.11. The number of amides is 3. The van der Waals surface area contributed by atoms with Gasteiger partial charge in [0.15, 0.2) is 0 Å². The van der Waals surface area contributed by atoms with Gasteiger partial charge in [0.1, 0.15) is 6.61 Å². The molecule has 2 aromatic rings. The van der Waals surface area contributed by atoms with Crippen LogP contribution in [0.3, 0.4) is 0 Å². The number of imide groups is 1. The van der Waals surface area contributed by atoms with Crippen molar-refractivity contribution >= 4 is 23.7 Å². The van der Waals surface area contributed by atoms with Gasteiger partial charge in [0, 0.05) is 24.2 Å². The molecule has 3 rings (SSSR count). The van der Waals surface area contributed by atoms with Gasteiger partial charge in [-0.1, -0.05) is 49.1 Å². The molecule has 7 heteroatoms. The number of piperazine rings is 1. The van der Waals surface area contributed by atoms with Crippen molar-refractivity contribution in [2.45, 2.75) is 12.5 Å². The zero-order valence-corrected chi connectivity index (χ0v) is 16.6. The number of hydrogen-bond acceptors (Lipinski definition) is 5. The van der Waals surface area contributed by atoms with Gasteiger partial charge in [0.05, 0.1) is 0 Å². The maximum atomic E-state index is 13.4. The van der Waals surface area contributed by atoms with Crippen LogP contribution in [0.4, 0.5) is 0 Å². The molecule has 1 aliphatic rings. The van der Waals surface area contributed by atoms with Crippen molar-refractivity contribution in [3.63, 3.8) is 0 Å². The molecule has 0 N–H and O–H groups in total. The summed E-state index contributed by atoms with van der Waals surface area (Å²) in [5.74, 6) is -2.74. The zero-order chi connectivity index (χ0) is 21.7. The molecular formula is C23H22N2O5. The number of rotatable bonds is 5. The number of esters is 1. The van der Waals surface area contributed by atoms with E-state index in [1.807, 2.05) is 0 Å². The molecule has 2 aromatic carbocycles. The van der Waals surface area contributed by atoms with Crippen LogP contribution in [0.1, 0.15) is 27.6 Å². The molecule has 3 amide bonds. The highest BCUT2D eigenvalue weighted by molar-refractivity contribution is 6.18. The van der Waals surface area contributed by atoms with Crippen LogP contribution in [0.15, 0.2) is 73.3 Å². The number of nitrogens with zero attached hydrogens (tertiary/aromatic N) is 2. The second-order valence-corrected chi connectivity index (χ2v) is 6.91. The Bertz CT molecular complexity index is 974. The van der Waals surface area contributed by atoms with Crippen LogP contribution in [0.5, 0.6) is 0 Å². The Balaban J connectivity index is 1.98. The van der Waals surface area contributed by atoms with Crippen molar-refractivity contribution in [2.24, 2.45) is 0 Å². The molecule has 1 unspecified atom stereocenters. The van der Waals surface area contributed by atoms with Crippen LogP contribution < -0.4 is 0 Å². The van der Waals surface area contributed by atoms with Gasteiger partial charge in [-0.3, -0.25) is 19.3 Å². The lowest BCUT2D eigenvalue weighted by Gasteiger charge is -2.45. The molecule has 0 aliphatic carbocycles. The Morgan fingerprint density at radius 3 is 2.03 bits per heavy atom. The molecular weight excluding hydrogens is 384 g/mol. The Morgan fingerprint density at radius 1 is 0.967 bits per heavy atom. The van der Waals surface area contributed by atoms with E-state index in [4.69, 9.17) is 4.74 Å². The summed E-state index contributed by atoms with van der Waals surface area (Å²) in [6, 6.07) is 16.6. The first kappa shape index (κ1) is 21.0. The minimum absolute atomic E-state index is 0.00225. The van der Waals surface area contributed by atoms with Gasteiger partial charge in [-0.25, -0.2) is 4.79 Å². The third-order valence-electron chi connectivity index (χ3n) is 5.01. The zero-order valence-electron chi connectivity index (χ0n) is 16.6. The Hall–Kier alpha value is -3.74. The summed E-state index contributed by atoms with van der Waals surface area (Å²) in [5.41, 5.74) is -1.34. The Morgan fingerprint density at radius 2 is 1.50 bits per heavy atom. The molecule has 1 aliphatic heterocycles. The van der Waals surface area contributed by atoms with E-state index in [1.165, 1.54) is 17.9 Å². The van der Waals surface area contributed by atoms with Crippen LogP contribution >= 0.6 is 0 Å². The van der Waals surface area contributed by atoms with E-state index in [9.17, 15) is 19.2 Å². The molecule has 154 valence electrons. The molecule has 1 atom stereocenters. The van der Waals surface area contributed by atoms with E-state index in [0.29, 0.717) is 11.1 Å². The van der Waals surface area contributed by atoms with E-state index >= 15 is 0 Å². The number of carbonyl (C=O) groups excluding carboxylic acids is 4. The van der Waals surface area contributed by atoms with Crippen molar-refractivity contribution in [3.05, 3.63) is 84.4 Å². The van der Waals surface area contributed by atoms with Crippen LogP contribution in [-0.2, 0) is 14.3 Å². The summed E-state index contributed by atoms with van der Waals surface area (Å²) in [6.45, 7) is 4.65. The van der Waals surface area contributed by atoms with E-state index in [-0.39, 0.29) is 19.7 Å². The van der Waals surface area contributed by atoms with Crippen molar-refractivity contribution in [1.29, 1.82) is 0 Å². The number of ether oxygens (including phenoxy) is 1. The lowest BCUT2D eigenvalue weighted by Crippen LogP contribution is -2.70. The number of hydrogen-bond donors (Lipinski definition) is 0. The van der Waals surface area contributed by atoms with Crippen molar-refractivity contribution in [2.75, 3.05) is 19.7 Å². The lowest BCUT2D eigenvalue weighted by atomic mass is 9.93. The lowest BCUT2D eigenvalue weighted by molar-refractivity contribution is -0.166. The number of carbonyl (C=O) groups is 4. The largest absolute Gasteiger partial charge is 0.459 e. The average molecular weight is 406 g/mol. The fraction of sp³-hybridized carbons (Fsp3) is 0.217. The highest BCUT2D eigenvalue weighted by Crippen LogP contribution is 2.28. The third-order valence-corrected chi connectivity index (χ3v) is 5.01. The number of benzene rings is 2. The smallest absolute Gasteiger partial charge is 0.342 e. The molecule has 0 bridgehead atoms. The monoisotopic (exact) mass is 406 g/mol. The quantitative estimate of drug-likeness (QED) is 0.329. The Labute approximate surface area is 174 Å². The van der Waals surface area contributed by atoms with Gasteiger partial charge in [-0.05, 0) is 31.2 Å². The summed E-state index contributed by atoms with van der Waals surface area (Å²) < 4.78 is 5.14. The van der Waals surface area contributed by atoms with Gasteiger partial charge in [0.25, 0.3) is 17.7 Å². The first-order chi connectivity index (χ1) is 14.4. The van der Waals surface area contributed by atoms with Gasteiger partial charge in [-0.2, -0.15) is 0 Å². The maximum Gasteiger partial charge on any atom is 0.342 e. The molecule has 1 fully saturated rings. The molecule has 0 saturated carbocycles. The SMILES string of the molecule is C=CCOC(=O)C1(C)C(=O)N(C(=O)c2ccccc2)CCN1C(=O)c1ccccc1. The first-order valence-corrected chi connectivity index (χ1v) is 9.47. The van der Waals surface area contributed by atoms with Crippen LogP contribution in [0.25, 0.3) is 0 Å². The van der Waals surface area contributed by atoms with Crippen LogP contribution in [-0.4, -0.2) is 58.7 Å². The van der Waals surface area contributed by atoms with Gasteiger partial charge in [0.2, 0.25) is 5.54 Å². The molecule has 0 radical (unpaired) electrons. The third kappa shape index (κ3) is 3.74. The van der Waals surface area contributed by atoms with Gasteiger partial charge >= 0.3 is 5.97 Å². The van der Waals surface area contributed by atoms with Crippen LogP contribution in [0, 0.1) is 0 Å². The second-order valence-electron chi connectivity index (χ2n) is 6.91. The van der Waals surface area contributed by atoms with Crippen LogP contribution in [0.2, 0.25) is 0 Å². The predicted octanol–water partition coefficient (Wildman–Crippen LogP) is 2.30. The van der Waals surface area contributed by atoms with Gasteiger partial charge < -0.3 is 9.64 Å². The van der Waals surface area contributed by atoms with E-state index in [1.54, 1.807) is 60.7 Å². The molecule has 1 saturated heterocycles. The molecule has 30 heavy (non-hydrogen) atoms. The van der Waals surface area contributed by atoms with E-state index in [2.05, 4.69) is 6.58 Å². The maximum absolute atomic E-state index is 13.4. The van der Waals surface area contributed by atoms with E-state index < -0.39 is 29.2 Å². The van der Waals surface area contributed by atoms with E-state index in [0.717, 1.165) is 4.90 Å². The summed E-state index contributed by atoms with van der Waals surface area (Å²) >= 11 is 0. The normalized spacial score (nSPS) is 18.6. The highest BCUT2D eigenvalue weighted by Gasteiger charge is 2.56.